The monoisotopic (exact) mass is 397 g/mol. The Labute approximate surface area is 173 Å². The van der Waals surface area contributed by atoms with Gasteiger partial charge in [-0.3, -0.25) is 9.59 Å². The van der Waals surface area contributed by atoms with Crippen LogP contribution in [0.3, 0.4) is 0 Å². The summed E-state index contributed by atoms with van der Waals surface area (Å²) in [6.45, 7) is 2.88. The number of rotatable bonds is 11. The molecule has 0 aliphatic heterocycles. The second-order valence-corrected chi connectivity index (χ2v) is 7.09. The predicted molar refractivity (Wildman–Crippen MR) is 117 cm³/mol. The standard InChI is InChI=1S/C23H31N3O3/c1-4-5-15-29-21-12-7-6-11-20(21)25-22(27)17-24-19-10-8-9-18(16-19)13-14-23(28)26(2)3/h6-12,16,24H,4-5,13-15,17H2,1-3H3,(H,25,27). The third-order valence-electron chi connectivity index (χ3n) is 4.42. The summed E-state index contributed by atoms with van der Waals surface area (Å²) in [5.41, 5.74) is 2.58. The Morgan fingerprint density at radius 3 is 2.62 bits per heavy atom. The fraction of sp³-hybridized carbons (Fsp3) is 0.391. The van der Waals surface area contributed by atoms with Gasteiger partial charge in [-0.2, -0.15) is 0 Å². The van der Waals surface area contributed by atoms with Gasteiger partial charge in [-0.05, 0) is 42.7 Å². The molecule has 0 atom stereocenters. The number of benzene rings is 2. The fourth-order valence-corrected chi connectivity index (χ4v) is 2.71. The molecule has 2 N–H and O–H groups in total. The van der Waals surface area contributed by atoms with Crippen molar-refractivity contribution in [2.45, 2.75) is 32.6 Å². The maximum absolute atomic E-state index is 12.4. The lowest BCUT2D eigenvalue weighted by molar-refractivity contribution is -0.128. The van der Waals surface area contributed by atoms with Crippen LogP contribution in [0.15, 0.2) is 48.5 Å². The molecule has 0 aliphatic rings. The van der Waals surface area contributed by atoms with Crippen molar-refractivity contribution in [2.75, 3.05) is 37.9 Å². The second kappa shape index (κ2) is 11.7. The highest BCUT2D eigenvalue weighted by Crippen LogP contribution is 2.24. The third-order valence-corrected chi connectivity index (χ3v) is 4.42. The number of nitrogens with zero attached hydrogens (tertiary/aromatic N) is 1. The first-order chi connectivity index (χ1) is 14.0. The SMILES string of the molecule is CCCCOc1ccccc1NC(=O)CNc1cccc(CCC(=O)N(C)C)c1. The van der Waals surface area contributed by atoms with E-state index in [0.29, 0.717) is 30.9 Å². The molecular weight excluding hydrogens is 366 g/mol. The van der Waals surface area contributed by atoms with Crippen LogP contribution in [-0.4, -0.2) is 44.0 Å². The Hall–Kier alpha value is -3.02. The summed E-state index contributed by atoms with van der Waals surface area (Å²) >= 11 is 0. The Morgan fingerprint density at radius 1 is 1.07 bits per heavy atom. The first kappa shape index (κ1) is 22.3. The highest BCUT2D eigenvalue weighted by atomic mass is 16.5. The number of amides is 2. The molecule has 2 aromatic carbocycles. The number of aryl methyl sites for hydroxylation is 1. The Morgan fingerprint density at radius 2 is 1.86 bits per heavy atom. The largest absolute Gasteiger partial charge is 0.491 e. The van der Waals surface area contributed by atoms with Gasteiger partial charge in [0.1, 0.15) is 5.75 Å². The lowest BCUT2D eigenvalue weighted by Gasteiger charge is -2.13. The molecule has 0 aliphatic carbocycles. The van der Waals surface area contributed by atoms with Crippen molar-refractivity contribution in [1.82, 2.24) is 4.90 Å². The fourth-order valence-electron chi connectivity index (χ4n) is 2.71. The number of ether oxygens (including phenoxy) is 1. The maximum Gasteiger partial charge on any atom is 0.243 e. The van der Waals surface area contributed by atoms with E-state index in [1.807, 2.05) is 48.5 Å². The summed E-state index contributed by atoms with van der Waals surface area (Å²) < 4.78 is 5.75. The molecule has 0 aromatic heterocycles. The van der Waals surface area contributed by atoms with Crippen LogP contribution in [0.4, 0.5) is 11.4 Å². The number of carbonyl (C=O) groups is 2. The van der Waals surface area contributed by atoms with Crippen molar-refractivity contribution in [2.24, 2.45) is 0 Å². The molecule has 0 heterocycles. The van der Waals surface area contributed by atoms with E-state index >= 15 is 0 Å². The highest BCUT2D eigenvalue weighted by molar-refractivity contribution is 5.95. The van der Waals surface area contributed by atoms with E-state index in [4.69, 9.17) is 4.74 Å². The van der Waals surface area contributed by atoms with E-state index in [1.54, 1.807) is 19.0 Å². The van der Waals surface area contributed by atoms with Crippen molar-refractivity contribution in [1.29, 1.82) is 0 Å². The molecule has 0 fully saturated rings. The summed E-state index contributed by atoms with van der Waals surface area (Å²) in [4.78, 5) is 25.7. The molecule has 2 aromatic rings. The number of para-hydroxylation sites is 2. The number of carbonyl (C=O) groups excluding carboxylic acids is 2. The number of anilines is 2. The molecule has 0 saturated carbocycles. The number of hydrogen-bond acceptors (Lipinski definition) is 4. The summed E-state index contributed by atoms with van der Waals surface area (Å²) in [7, 11) is 3.51. The Bertz CT molecular complexity index is 805. The van der Waals surface area contributed by atoms with Gasteiger partial charge in [0.25, 0.3) is 0 Å². The molecule has 0 spiro atoms. The first-order valence-corrected chi connectivity index (χ1v) is 10.0. The van der Waals surface area contributed by atoms with Gasteiger partial charge >= 0.3 is 0 Å². The van der Waals surface area contributed by atoms with E-state index in [0.717, 1.165) is 24.1 Å². The number of unbranched alkanes of at least 4 members (excludes halogenated alkanes) is 1. The van der Waals surface area contributed by atoms with Crippen molar-refractivity contribution >= 4 is 23.2 Å². The zero-order valence-corrected chi connectivity index (χ0v) is 17.5. The highest BCUT2D eigenvalue weighted by Gasteiger charge is 2.08. The van der Waals surface area contributed by atoms with Crippen molar-refractivity contribution in [3.05, 3.63) is 54.1 Å². The average molecular weight is 398 g/mol. The third kappa shape index (κ3) is 7.86. The number of hydrogen-bond donors (Lipinski definition) is 2. The quantitative estimate of drug-likeness (QED) is 0.564. The second-order valence-electron chi connectivity index (χ2n) is 7.09. The minimum Gasteiger partial charge on any atom is -0.491 e. The van der Waals surface area contributed by atoms with E-state index < -0.39 is 0 Å². The van der Waals surface area contributed by atoms with Crippen LogP contribution in [0, 0.1) is 0 Å². The van der Waals surface area contributed by atoms with Crippen LogP contribution in [0.2, 0.25) is 0 Å². The zero-order chi connectivity index (χ0) is 21.1. The molecule has 0 radical (unpaired) electrons. The van der Waals surface area contributed by atoms with Crippen molar-refractivity contribution in [3.8, 4) is 5.75 Å². The van der Waals surface area contributed by atoms with Gasteiger partial charge in [0.15, 0.2) is 0 Å². The first-order valence-electron chi connectivity index (χ1n) is 10.0. The molecular formula is C23H31N3O3. The molecule has 0 unspecified atom stereocenters. The normalized spacial score (nSPS) is 10.3. The summed E-state index contributed by atoms with van der Waals surface area (Å²) in [5, 5.41) is 6.04. The Balaban J connectivity index is 1.87. The van der Waals surface area contributed by atoms with Crippen molar-refractivity contribution < 1.29 is 14.3 Å². The lowest BCUT2D eigenvalue weighted by Crippen LogP contribution is -2.22. The van der Waals surface area contributed by atoms with E-state index in [1.165, 1.54) is 0 Å². The molecule has 156 valence electrons. The van der Waals surface area contributed by atoms with Crippen LogP contribution in [0.1, 0.15) is 31.7 Å². The van der Waals surface area contributed by atoms with Gasteiger partial charge in [-0.1, -0.05) is 37.6 Å². The van der Waals surface area contributed by atoms with Crippen LogP contribution >= 0.6 is 0 Å². The number of nitrogens with one attached hydrogen (secondary N) is 2. The predicted octanol–water partition coefficient (Wildman–Crippen LogP) is 3.94. The summed E-state index contributed by atoms with van der Waals surface area (Å²) in [6.07, 6.45) is 3.16. The van der Waals surface area contributed by atoms with E-state index in [9.17, 15) is 9.59 Å². The van der Waals surface area contributed by atoms with Gasteiger partial charge in [0.05, 0.1) is 18.8 Å². The zero-order valence-electron chi connectivity index (χ0n) is 17.5. The lowest BCUT2D eigenvalue weighted by atomic mass is 10.1. The molecule has 2 amide bonds. The topological polar surface area (TPSA) is 70.7 Å². The van der Waals surface area contributed by atoms with Gasteiger partial charge < -0.3 is 20.3 Å². The summed E-state index contributed by atoms with van der Waals surface area (Å²) in [5.74, 6) is 0.633. The maximum atomic E-state index is 12.4. The van der Waals surface area contributed by atoms with Gasteiger partial charge in [0.2, 0.25) is 11.8 Å². The van der Waals surface area contributed by atoms with Gasteiger partial charge in [-0.15, -0.1) is 0 Å². The molecule has 2 rings (SSSR count). The minimum atomic E-state index is -0.148. The molecule has 6 heteroatoms. The average Bonchev–Trinajstić information content (AvgIpc) is 2.72. The van der Waals surface area contributed by atoms with E-state index in [2.05, 4.69) is 17.6 Å². The smallest absolute Gasteiger partial charge is 0.243 e. The molecule has 29 heavy (non-hydrogen) atoms. The molecule has 0 bridgehead atoms. The van der Waals surface area contributed by atoms with Crippen LogP contribution < -0.4 is 15.4 Å². The summed E-state index contributed by atoms with van der Waals surface area (Å²) in [6, 6.07) is 15.2. The van der Waals surface area contributed by atoms with Crippen LogP contribution in [-0.2, 0) is 16.0 Å². The molecule has 6 nitrogen and oxygen atoms in total. The van der Waals surface area contributed by atoms with Gasteiger partial charge in [0, 0.05) is 26.2 Å². The van der Waals surface area contributed by atoms with E-state index in [-0.39, 0.29) is 18.4 Å². The minimum absolute atomic E-state index is 0.0996. The van der Waals surface area contributed by atoms with Crippen LogP contribution in [0.5, 0.6) is 5.75 Å². The Kier molecular flexibility index (Phi) is 9.02. The van der Waals surface area contributed by atoms with Crippen LogP contribution in [0.25, 0.3) is 0 Å². The van der Waals surface area contributed by atoms with Crippen molar-refractivity contribution in [3.63, 3.8) is 0 Å². The van der Waals surface area contributed by atoms with Gasteiger partial charge in [-0.25, -0.2) is 0 Å². The molecule has 0 saturated heterocycles.